The van der Waals surface area contributed by atoms with E-state index in [1.807, 2.05) is 0 Å². The second kappa shape index (κ2) is 5.51. The van der Waals surface area contributed by atoms with E-state index < -0.39 is 18.0 Å². The molecule has 1 fully saturated rings. The van der Waals surface area contributed by atoms with Gasteiger partial charge in [0.2, 0.25) is 0 Å². The average Bonchev–Trinajstić information content (AvgIpc) is 2.86. The summed E-state index contributed by atoms with van der Waals surface area (Å²) in [5.41, 5.74) is 4.59. The summed E-state index contributed by atoms with van der Waals surface area (Å²) >= 11 is 0. The first-order valence-electron chi connectivity index (χ1n) is 6.55. The summed E-state index contributed by atoms with van der Waals surface area (Å²) in [5, 5.41) is 17.1. The van der Waals surface area contributed by atoms with E-state index >= 15 is 0 Å². The topological polar surface area (TPSA) is 86.2 Å². The maximum Gasteiger partial charge on any atom is 0.433 e. The predicted molar refractivity (Wildman–Crippen MR) is 72.3 cm³/mol. The number of amidine groups is 1. The van der Waals surface area contributed by atoms with Crippen LogP contribution in [0.3, 0.4) is 0 Å². The second-order valence-corrected chi connectivity index (χ2v) is 5.21. The molecular formula is C13H17F3N4O. The predicted octanol–water partition coefficient (Wildman–Crippen LogP) is 1.59. The number of nitrogens with one attached hydrogen (secondary N) is 1. The van der Waals surface area contributed by atoms with Crippen molar-refractivity contribution in [3.63, 3.8) is 0 Å². The van der Waals surface area contributed by atoms with E-state index in [1.165, 1.54) is 6.07 Å². The summed E-state index contributed by atoms with van der Waals surface area (Å²) in [4.78, 5) is 5.28. The molecule has 5 nitrogen and oxygen atoms in total. The van der Waals surface area contributed by atoms with Crippen LogP contribution in [0.5, 0.6) is 0 Å². The molecule has 8 heteroatoms. The number of anilines is 1. The van der Waals surface area contributed by atoms with Gasteiger partial charge >= 0.3 is 6.18 Å². The van der Waals surface area contributed by atoms with Gasteiger partial charge in [0.05, 0.1) is 11.7 Å². The average molecular weight is 302 g/mol. The number of halogens is 3. The number of pyridine rings is 1. The summed E-state index contributed by atoms with van der Waals surface area (Å²) < 4.78 is 38.4. The summed E-state index contributed by atoms with van der Waals surface area (Å²) in [6, 6.07) is 1.99. The molecule has 0 aromatic carbocycles. The van der Waals surface area contributed by atoms with E-state index in [1.54, 1.807) is 11.8 Å². The van der Waals surface area contributed by atoms with Crippen molar-refractivity contribution < 1.29 is 18.3 Å². The van der Waals surface area contributed by atoms with E-state index in [2.05, 4.69) is 4.98 Å². The highest BCUT2D eigenvalue weighted by atomic mass is 19.4. The monoisotopic (exact) mass is 302 g/mol. The second-order valence-electron chi connectivity index (χ2n) is 5.21. The number of aromatic nitrogens is 1. The van der Waals surface area contributed by atoms with Gasteiger partial charge in [-0.15, -0.1) is 0 Å². The van der Waals surface area contributed by atoms with Gasteiger partial charge in [0.25, 0.3) is 0 Å². The maximum absolute atomic E-state index is 12.8. The standard InChI is InChI=1S/C13H17F3N4O/c1-7(21)8-4-5-20(6-8)12-9(11(17)18)2-3-10(19-12)13(14,15)16/h2-3,7-8,21H,4-6H2,1H3,(H3,17,18). The van der Waals surface area contributed by atoms with Crippen molar-refractivity contribution in [1.82, 2.24) is 4.98 Å². The zero-order chi connectivity index (χ0) is 15.8. The van der Waals surface area contributed by atoms with Crippen LogP contribution in [0.4, 0.5) is 19.0 Å². The van der Waals surface area contributed by atoms with Gasteiger partial charge in [0.1, 0.15) is 17.3 Å². The number of nitrogens with two attached hydrogens (primary N) is 1. The van der Waals surface area contributed by atoms with E-state index in [0.717, 1.165) is 6.07 Å². The molecule has 2 rings (SSSR count). The lowest BCUT2D eigenvalue weighted by molar-refractivity contribution is -0.141. The highest BCUT2D eigenvalue weighted by Gasteiger charge is 2.35. The molecule has 1 aromatic rings. The zero-order valence-corrected chi connectivity index (χ0v) is 11.5. The number of hydrogen-bond donors (Lipinski definition) is 3. The molecule has 2 heterocycles. The molecule has 1 saturated heterocycles. The Labute approximate surface area is 120 Å². The molecule has 1 aromatic heterocycles. The summed E-state index contributed by atoms with van der Waals surface area (Å²) in [7, 11) is 0. The number of nitrogen functional groups attached to an aromatic ring is 1. The lowest BCUT2D eigenvalue weighted by atomic mass is 10.0. The highest BCUT2D eigenvalue weighted by molar-refractivity contribution is 5.99. The molecule has 1 aliphatic rings. The third-order valence-corrected chi connectivity index (χ3v) is 3.66. The van der Waals surface area contributed by atoms with Crippen molar-refractivity contribution in [2.45, 2.75) is 25.6 Å². The van der Waals surface area contributed by atoms with Gasteiger partial charge in [-0.25, -0.2) is 4.98 Å². The first kappa shape index (κ1) is 15.6. The third kappa shape index (κ3) is 3.26. The molecule has 0 radical (unpaired) electrons. The Bertz CT molecular complexity index is 545. The fourth-order valence-electron chi connectivity index (χ4n) is 2.43. The minimum absolute atomic E-state index is 0.0267. The van der Waals surface area contributed by atoms with Crippen LogP contribution >= 0.6 is 0 Å². The molecule has 0 spiro atoms. The SMILES string of the molecule is CC(O)C1CCN(c2nc(C(F)(F)F)ccc2C(=N)N)C1. The minimum atomic E-state index is -4.55. The van der Waals surface area contributed by atoms with Gasteiger partial charge in [-0.2, -0.15) is 13.2 Å². The molecule has 0 bridgehead atoms. The molecule has 4 N–H and O–H groups in total. The van der Waals surface area contributed by atoms with Gasteiger partial charge in [-0.1, -0.05) is 0 Å². The van der Waals surface area contributed by atoms with Crippen molar-refractivity contribution >= 4 is 11.7 Å². The fraction of sp³-hybridized carbons (Fsp3) is 0.538. The Kier molecular flexibility index (Phi) is 4.08. The molecule has 21 heavy (non-hydrogen) atoms. The first-order valence-corrected chi connectivity index (χ1v) is 6.55. The number of alkyl halides is 3. The van der Waals surface area contributed by atoms with E-state index in [0.29, 0.717) is 19.5 Å². The van der Waals surface area contributed by atoms with Gasteiger partial charge in [0.15, 0.2) is 0 Å². The Morgan fingerprint density at radius 1 is 1.52 bits per heavy atom. The molecule has 1 aliphatic heterocycles. The largest absolute Gasteiger partial charge is 0.433 e. The van der Waals surface area contributed by atoms with Crippen LogP contribution in [0.1, 0.15) is 24.6 Å². The molecular weight excluding hydrogens is 285 g/mol. The number of rotatable bonds is 3. The van der Waals surface area contributed by atoms with Crippen LogP contribution in [0.2, 0.25) is 0 Å². The number of nitrogens with zero attached hydrogens (tertiary/aromatic N) is 2. The number of hydrogen-bond acceptors (Lipinski definition) is 4. The van der Waals surface area contributed by atoms with Crippen LogP contribution in [0, 0.1) is 11.3 Å². The summed E-state index contributed by atoms with van der Waals surface area (Å²) in [5.74, 6) is -0.298. The summed E-state index contributed by atoms with van der Waals surface area (Å²) in [6.07, 6.45) is -4.43. The lowest BCUT2D eigenvalue weighted by Crippen LogP contribution is -2.28. The highest BCUT2D eigenvalue weighted by Crippen LogP contribution is 2.32. The smallest absolute Gasteiger partial charge is 0.393 e. The van der Waals surface area contributed by atoms with Crippen molar-refractivity contribution in [2.75, 3.05) is 18.0 Å². The number of aliphatic hydroxyl groups is 1. The summed E-state index contributed by atoms with van der Waals surface area (Å²) in [6.45, 7) is 2.52. The van der Waals surface area contributed by atoms with E-state index in [9.17, 15) is 18.3 Å². The van der Waals surface area contributed by atoms with Gasteiger partial charge in [-0.3, -0.25) is 5.41 Å². The van der Waals surface area contributed by atoms with E-state index in [-0.39, 0.29) is 23.1 Å². The van der Waals surface area contributed by atoms with Crippen molar-refractivity contribution in [1.29, 1.82) is 5.41 Å². The van der Waals surface area contributed by atoms with Crippen LogP contribution in [-0.4, -0.2) is 35.1 Å². The van der Waals surface area contributed by atoms with Crippen molar-refractivity contribution in [3.05, 3.63) is 23.4 Å². The molecule has 0 amide bonds. The molecule has 0 saturated carbocycles. The molecule has 2 unspecified atom stereocenters. The van der Waals surface area contributed by atoms with Crippen molar-refractivity contribution in [2.24, 2.45) is 11.7 Å². The van der Waals surface area contributed by atoms with Crippen LogP contribution < -0.4 is 10.6 Å². The molecule has 116 valence electrons. The normalized spacial score (nSPS) is 20.6. The number of aliphatic hydroxyl groups excluding tert-OH is 1. The maximum atomic E-state index is 12.8. The van der Waals surface area contributed by atoms with Crippen LogP contribution in [0.25, 0.3) is 0 Å². The Hall–Kier alpha value is -1.83. The Morgan fingerprint density at radius 2 is 2.19 bits per heavy atom. The van der Waals surface area contributed by atoms with E-state index in [4.69, 9.17) is 11.1 Å². The molecule has 0 aliphatic carbocycles. The first-order chi connectivity index (χ1) is 9.70. The minimum Gasteiger partial charge on any atom is -0.393 e. The quantitative estimate of drug-likeness (QED) is 0.584. The van der Waals surface area contributed by atoms with Gasteiger partial charge in [0, 0.05) is 19.0 Å². The molecule has 2 atom stereocenters. The fourth-order valence-corrected chi connectivity index (χ4v) is 2.43. The van der Waals surface area contributed by atoms with Crippen LogP contribution in [0.15, 0.2) is 12.1 Å². The van der Waals surface area contributed by atoms with Gasteiger partial charge in [-0.05, 0) is 25.5 Å². The van der Waals surface area contributed by atoms with Gasteiger partial charge < -0.3 is 15.7 Å². The Morgan fingerprint density at radius 3 is 2.67 bits per heavy atom. The van der Waals surface area contributed by atoms with Crippen molar-refractivity contribution in [3.8, 4) is 0 Å². The zero-order valence-electron chi connectivity index (χ0n) is 11.5. The third-order valence-electron chi connectivity index (χ3n) is 3.66. The lowest BCUT2D eigenvalue weighted by Gasteiger charge is -2.22. The van der Waals surface area contributed by atoms with Crippen LogP contribution in [-0.2, 0) is 6.18 Å². The Balaban J connectivity index is 2.38.